The summed E-state index contributed by atoms with van der Waals surface area (Å²) in [5.41, 5.74) is 1.32. The van der Waals surface area contributed by atoms with E-state index in [4.69, 9.17) is 9.47 Å². The first kappa shape index (κ1) is 21.2. The van der Waals surface area contributed by atoms with Crippen LogP contribution in [0, 0.1) is 5.92 Å². The van der Waals surface area contributed by atoms with E-state index in [9.17, 15) is 4.79 Å². The molecular weight excluding hydrogens is 342 g/mol. The summed E-state index contributed by atoms with van der Waals surface area (Å²) >= 11 is 0. The van der Waals surface area contributed by atoms with Gasteiger partial charge in [0.2, 0.25) is 0 Å². The van der Waals surface area contributed by atoms with Crippen LogP contribution in [0.25, 0.3) is 0 Å². The second-order valence-corrected chi connectivity index (χ2v) is 6.81. The first-order valence-electron chi connectivity index (χ1n) is 9.89. The highest BCUT2D eigenvalue weighted by Crippen LogP contribution is 2.18. The minimum atomic E-state index is -0.0927. The molecule has 27 heavy (non-hydrogen) atoms. The highest BCUT2D eigenvalue weighted by atomic mass is 16.5. The third kappa shape index (κ3) is 7.59. The number of nitrogens with one attached hydrogen (secondary N) is 1. The van der Waals surface area contributed by atoms with Crippen LogP contribution in [0.1, 0.15) is 31.2 Å². The van der Waals surface area contributed by atoms with E-state index in [0.29, 0.717) is 0 Å². The van der Waals surface area contributed by atoms with Gasteiger partial charge < -0.3 is 19.7 Å². The van der Waals surface area contributed by atoms with Crippen LogP contribution in [0.4, 0.5) is 0 Å². The number of guanidine groups is 1. The van der Waals surface area contributed by atoms with E-state index in [1.54, 1.807) is 7.05 Å². The van der Waals surface area contributed by atoms with Gasteiger partial charge in [-0.2, -0.15) is 0 Å². The van der Waals surface area contributed by atoms with E-state index < -0.39 is 0 Å². The highest BCUT2D eigenvalue weighted by molar-refractivity contribution is 5.80. The molecule has 1 N–H and O–H groups in total. The van der Waals surface area contributed by atoms with Crippen molar-refractivity contribution in [2.45, 2.75) is 32.1 Å². The van der Waals surface area contributed by atoms with Gasteiger partial charge in [-0.15, -0.1) is 0 Å². The van der Waals surface area contributed by atoms with E-state index in [2.05, 4.69) is 39.5 Å². The lowest BCUT2D eigenvalue weighted by atomic mass is 9.97. The Morgan fingerprint density at radius 2 is 1.93 bits per heavy atom. The minimum Gasteiger partial charge on any atom is -0.469 e. The minimum absolute atomic E-state index is 0.0254. The average Bonchev–Trinajstić information content (AvgIpc) is 2.73. The number of hydrogen-bond acceptors (Lipinski definition) is 4. The molecule has 1 heterocycles. The van der Waals surface area contributed by atoms with Crippen LogP contribution in [0.15, 0.2) is 35.3 Å². The summed E-state index contributed by atoms with van der Waals surface area (Å²) in [6.45, 7) is 4.11. The summed E-state index contributed by atoms with van der Waals surface area (Å²) in [5, 5.41) is 3.42. The van der Waals surface area contributed by atoms with Crippen molar-refractivity contribution >= 4 is 11.9 Å². The van der Waals surface area contributed by atoms with Crippen LogP contribution in [0.5, 0.6) is 0 Å². The Hall–Kier alpha value is -2.08. The fourth-order valence-corrected chi connectivity index (χ4v) is 3.29. The maximum absolute atomic E-state index is 11.6. The standard InChI is InChI=1S/C21H33N3O3/c1-22-21(24-14-10-19(11-15-24)20(25)26-2)23-13-6-7-16-27-17-12-18-8-4-3-5-9-18/h3-5,8-9,19H,6-7,10-17H2,1-2H3,(H,22,23). The van der Waals surface area contributed by atoms with Gasteiger partial charge in [-0.3, -0.25) is 9.79 Å². The summed E-state index contributed by atoms with van der Waals surface area (Å²) in [6, 6.07) is 10.4. The van der Waals surface area contributed by atoms with Crippen molar-refractivity contribution in [3.63, 3.8) is 0 Å². The molecule has 150 valence electrons. The predicted octanol–water partition coefficient (Wildman–Crippen LogP) is 2.49. The van der Waals surface area contributed by atoms with Gasteiger partial charge in [0.15, 0.2) is 5.96 Å². The zero-order valence-electron chi connectivity index (χ0n) is 16.7. The van der Waals surface area contributed by atoms with Crippen molar-refractivity contribution in [2.24, 2.45) is 10.9 Å². The zero-order chi connectivity index (χ0) is 19.3. The fraction of sp³-hybridized carbons (Fsp3) is 0.619. The molecule has 0 atom stereocenters. The van der Waals surface area contributed by atoms with Gasteiger partial charge in [-0.25, -0.2) is 0 Å². The number of aliphatic imine (C=N–C) groups is 1. The van der Waals surface area contributed by atoms with Crippen molar-refractivity contribution in [1.29, 1.82) is 0 Å². The molecular formula is C21H33N3O3. The van der Waals surface area contributed by atoms with Crippen molar-refractivity contribution in [3.05, 3.63) is 35.9 Å². The van der Waals surface area contributed by atoms with Gasteiger partial charge in [0.25, 0.3) is 0 Å². The van der Waals surface area contributed by atoms with Crippen LogP contribution in [0.3, 0.4) is 0 Å². The number of piperidine rings is 1. The first-order chi connectivity index (χ1) is 13.2. The topological polar surface area (TPSA) is 63.2 Å². The largest absolute Gasteiger partial charge is 0.469 e. The van der Waals surface area contributed by atoms with E-state index in [-0.39, 0.29) is 11.9 Å². The maximum atomic E-state index is 11.6. The number of methoxy groups -OCH3 is 1. The number of carbonyl (C=O) groups is 1. The van der Waals surface area contributed by atoms with E-state index in [0.717, 1.165) is 70.9 Å². The second-order valence-electron chi connectivity index (χ2n) is 6.81. The molecule has 6 heteroatoms. The summed E-state index contributed by atoms with van der Waals surface area (Å²) in [5.74, 6) is 0.852. The SMILES string of the molecule is CN=C(NCCCCOCCc1ccccc1)N1CCC(C(=O)OC)CC1. The number of nitrogens with zero attached hydrogens (tertiary/aromatic N) is 2. The molecule has 0 bridgehead atoms. The number of esters is 1. The van der Waals surface area contributed by atoms with Gasteiger partial charge in [-0.05, 0) is 37.7 Å². The molecule has 0 aromatic heterocycles. The molecule has 1 saturated heterocycles. The Bertz CT molecular complexity index is 569. The fourth-order valence-electron chi connectivity index (χ4n) is 3.29. The summed E-state index contributed by atoms with van der Waals surface area (Å²) in [4.78, 5) is 18.2. The highest BCUT2D eigenvalue weighted by Gasteiger charge is 2.26. The van der Waals surface area contributed by atoms with Gasteiger partial charge in [-0.1, -0.05) is 30.3 Å². The quantitative estimate of drug-likeness (QED) is 0.311. The number of unbranched alkanes of at least 4 members (excludes halogenated alkanes) is 1. The molecule has 1 aliphatic rings. The van der Waals surface area contributed by atoms with Crippen molar-refractivity contribution in [1.82, 2.24) is 10.2 Å². The molecule has 1 aromatic rings. The summed E-state index contributed by atoms with van der Waals surface area (Å²) in [7, 11) is 3.27. The Balaban J connectivity index is 1.52. The smallest absolute Gasteiger partial charge is 0.308 e. The Morgan fingerprint density at radius 1 is 1.19 bits per heavy atom. The predicted molar refractivity (Wildman–Crippen MR) is 108 cm³/mol. The van der Waals surface area contributed by atoms with Crippen LogP contribution >= 0.6 is 0 Å². The molecule has 0 spiro atoms. The number of carbonyl (C=O) groups excluding carboxylic acids is 1. The molecule has 0 amide bonds. The lowest BCUT2D eigenvalue weighted by Crippen LogP contribution is -2.46. The van der Waals surface area contributed by atoms with Gasteiger partial charge in [0.1, 0.15) is 0 Å². The normalized spacial score (nSPS) is 15.6. The third-order valence-electron chi connectivity index (χ3n) is 4.92. The van der Waals surface area contributed by atoms with E-state index in [1.807, 2.05) is 6.07 Å². The number of ether oxygens (including phenoxy) is 2. The molecule has 0 unspecified atom stereocenters. The van der Waals surface area contributed by atoms with Gasteiger partial charge in [0.05, 0.1) is 19.6 Å². The van der Waals surface area contributed by atoms with Crippen LogP contribution < -0.4 is 5.32 Å². The number of likely N-dealkylation sites (tertiary alicyclic amines) is 1. The van der Waals surface area contributed by atoms with Gasteiger partial charge >= 0.3 is 5.97 Å². The van der Waals surface area contributed by atoms with Crippen LogP contribution in [-0.4, -0.2) is 63.8 Å². The first-order valence-corrected chi connectivity index (χ1v) is 9.89. The third-order valence-corrected chi connectivity index (χ3v) is 4.92. The number of benzene rings is 1. The van der Waals surface area contributed by atoms with Crippen molar-refractivity contribution in [3.8, 4) is 0 Å². The molecule has 0 saturated carbocycles. The van der Waals surface area contributed by atoms with Crippen molar-refractivity contribution < 1.29 is 14.3 Å². The number of rotatable bonds is 9. The lowest BCUT2D eigenvalue weighted by molar-refractivity contribution is -0.146. The second kappa shape index (κ2) is 12.3. The summed E-state index contributed by atoms with van der Waals surface area (Å²) < 4.78 is 10.6. The van der Waals surface area contributed by atoms with E-state index in [1.165, 1.54) is 12.7 Å². The van der Waals surface area contributed by atoms with Crippen molar-refractivity contribution in [2.75, 3.05) is 47.0 Å². The van der Waals surface area contributed by atoms with Crippen LogP contribution in [0.2, 0.25) is 0 Å². The van der Waals surface area contributed by atoms with Gasteiger partial charge in [0, 0.05) is 33.3 Å². The maximum Gasteiger partial charge on any atom is 0.308 e. The van der Waals surface area contributed by atoms with E-state index >= 15 is 0 Å². The zero-order valence-corrected chi connectivity index (χ0v) is 16.7. The molecule has 1 fully saturated rings. The summed E-state index contributed by atoms with van der Waals surface area (Å²) in [6.07, 6.45) is 4.69. The Labute approximate surface area is 162 Å². The molecule has 1 aliphatic heterocycles. The molecule has 2 rings (SSSR count). The monoisotopic (exact) mass is 375 g/mol. The molecule has 0 aliphatic carbocycles. The molecule has 6 nitrogen and oxygen atoms in total. The Kier molecular flexibility index (Phi) is 9.69. The molecule has 1 aromatic carbocycles. The number of hydrogen-bond donors (Lipinski definition) is 1. The lowest BCUT2D eigenvalue weighted by Gasteiger charge is -2.33. The average molecular weight is 376 g/mol. The molecule has 0 radical (unpaired) electrons. The Morgan fingerprint density at radius 3 is 2.59 bits per heavy atom. The van der Waals surface area contributed by atoms with Crippen LogP contribution in [-0.2, 0) is 20.7 Å².